The van der Waals surface area contributed by atoms with E-state index >= 15 is 0 Å². The normalized spacial score (nSPS) is 16.4. The molecule has 0 amide bonds. The van der Waals surface area contributed by atoms with Crippen LogP contribution in [0.5, 0.6) is 0 Å². The maximum absolute atomic E-state index is 4.27. The third kappa shape index (κ3) is 13.2. The van der Waals surface area contributed by atoms with Crippen LogP contribution in [-0.4, -0.2) is 59.3 Å². The summed E-state index contributed by atoms with van der Waals surface area (Å²) in [6.45, 7) is 3.28. The van der Waals surface area contributed by atoms with E-state index in [1.165, 1.54) is 25.1 Å². The van der Waals surface area contributed by atoms with Crippen LogP contribution in [0.3, 0.4) is 0 Å². The van der Waals surface area contributed by atoms with Gasteiger partial charge < -0.3 is 25.8 Å². The predicted octanol–water partition coefficient (Wildman–Crippen LogP) is 2.06. The van der Waals surface area contributed by atoms with Crippen LogP contribution in [0, 0.1) is 0 Å². The van der Waals surface area contributed by atoms with Crippen molar-refractivity contribution in [3.05, 3.63) is 34.7 Å². The van der Waals surface area contributed by atoms with Gasteiger partial charge in [0.1, 0.15) is 0 Å². The SMILES string of the molecule is CN(Cc1ccc[n-]1)CC1CCCN1.C[N-]C.C[N-]C.[Ti+3]. The fraction of sp³-hybridized carbons (Fsp3) is 0.733. The van der Waals surface area contributed by atoms with Gasteiger partial charge in [0.25, 0.3) is 0 Å². The van der Waals surface area contributed by atoms with Crippen molar-refractivity contribution in [1.82, 2.24) is 15.2 Å². The van der Waals surface area contributed by atoms with Gasteiger partial charge in [-0.3, -0.25) is 0 Å². The van der Waals surface area contributed by atoms with Crippen LogP contribution in [0.1, 0.15) is 18.5 Å². The van der Waals surface area contributed by atoms with E-state index < -0.39 is 0 Å². The molecule has 0 aliphatic carbocycles. The summed E-state index contributed by atoms with van der Waals surface area (Å²) in [6, 6.07) is 4.77. The van der Waals surface area contributed by atoms with Crippen molar-refractivity contribution in [3.8, 4) is 0 Å². The molecular formula is C15H30N5Ti. The van der Waals surface area contributed by atoms with Crippen LogP contribution in [0.25, 0.3) is 10.6 Å². The quantitative estimate of drug-likeness (QED) is 0.861. The van der Waals surface area contributed by atoms with Gasteiger partial charge in [-0.05, 0) is 26.4 Å². The molecule has 1 atom stereocenters. The zero-order chi connectivity index (χ0) is 15.2. The van der Waals surface area contributed by atoms with E-state index in [1.807, 2.05) is 12.3 Å². The van der Waals surface area contributed by atoms with Crippen LogP contribution in [0.4, 0.5) is 0 Å². The van der Waals surface area contributed by atoms with Gasteiger partial charge in [0.2, 0.25) is 0 Å². The molecule has 1 fully saturated rings. The standard InChI is InChI=1S/C11H18N3.2C2H6N.Ti/c1-14(8-10-4-2-6-12-10)9-11-5-3-7-13-11;2*1-3-2;/h2,4,6,11,13H,3,5,7-9H2,1H3;2*1-2H3;/q3*-1;+3. The monoisotopic (exact) mass is 328 g/mol. The van der Waals surface area contributed by atoms with Crippen molar-refractivity contribution in [1.29, 1.82) is 0 Å². The van der Waals surface area contributed by atoms with Crippen molar-refractivity contribution in [3.63, 3.8) is 0 Å². The van der Waals surface area contributed by atoms with Crippen LogP contribution < -0.4 is 10.3 Å². The molecule has 2 heterocycles. The summed E-state index contributed by atoms with van der Waals surface area (Å²) >= 11 is 0. The van der Waals surface area contributed by atoms with Crippen molar-refractivity contribution >= 4 is 0 Å². The van der Waals surface area contributed by atoms with Gasteiger partial charge in [0.15, 0.2) is 0 Å². The second kappa shape index (κ2) is 16.2. The first-order valence-corrected chi connectivity index (χ1v) is 7.12. The van der Waals surface area contributed by atoms with Crippen LogP contribution in [-0.2, 0) is 28.3 Å². The number of aromatic nitrogens is 1. The summed E-state index contributed by atoms with van der Waals surface area (Å²) in [4.78, 5) is 6.61. The van der Waals surface area contributed by atoms with Crippen LogP contribution in [0.15, 0.2) is 18.3 Å². The van der Waals surface area contributed by atoms with E-state index in [1.54, 1.807) is 28.2 Å². The van der Waals surface area contributed by atoms with Gasteiger partial charge >= 0.3 is 21.7 Å². The van der Waals surface area contributed by atoms with E-state index in [4.69, 9.17) is 0 Å². The molecule has 1 aliphatic heterocycles. The molecule has 5 nitrogen and oxygen atoms in total. The van der Waals surface area contributed by atoms with Crippen molar-refractivity contribution in [2.24, 2.45) is 0 Å². The molecule has 1 N–H and O–H groups in total. The molecule has 6 heteroatoms. The average molecular weight is 328 g/mol. The van der Waals surface area contributed by atoms with Crippen molar-refractivity contribution in [2.45, 2.75) is 25.4 Å². The Bertz CT molecular complexity index is 284. The molecule has 1 saturated heterocycles. The number of nitrogens with zero attached hydrogens (tertiary/aromatic N) is 4. The van der Waals surface area contributed by atoms with Crippen molar-refractivity contribution < 1.29 is 21.7 Å². The Hall–Kier alpha value is -0.166. The number of hydrogen-bond donors (Lipinski definition) is 1. The molecular weight excluding hydrogens is 298 g/mol. The van der Waals surface area contributed by atoms with E-state index in [0.29, 0.717) is 6.04 Å². The zero-order valence-corrected chi connectivity index (χ0v) is 15.7. The zero-order valence-electron chi connectivity index (χ0n) is 14.1. The minimum Gasteiger partial charge on any atom is -0.668 e. The second-order valence-corrected chi connectivity index (χ2v) is 5.01. The summed E-state index contributed by atoms with van der Waals surface area (Å²) in [5.74, 6) is 0. The van der Waals surface area contributed by atoms with Gasteiger partial charge in [-0.25, -0.2) is 0 Å². The molecule has 0 aromatic carbocycles. The first kappa shape index (κ1) is 23.1. The molecule has 2 rings (SSSR count). The molecule has 1 radical (unpaired) electrons. The molecule has 0 bridgehead atoms. The van der Waals surface area contributed by atoms with Gasteiger partial charge in [0, 0.05) is 19.1 Å². The molecule has 0 spiro atoms. The summed E-state index contributed by atoms with van der Waals surface area (Å²) in [5, 5.41) is 10.5. The molecule has 119 valence electrons. The van der Waals surface area contributed by atoms with Gasteiger partial charge in [-0.15, -0.1) is 5.69 Å². The Kier molecular flexibility index (Phi) is 17.8. The van der Waals surface area contributed by atoms with Crippen LogP contribution >= 0.6 is 0 Å². The Morgan fingerprint density at radius 2 is 1.90 bits per heavy atom. The Morgan fingerprint density at radius 3 is 2.33 bits per heavy atom. The molecule has 1 aromatic heterocycles. The second-order valence-electron chi connectivity index (χ2n) is 5.01. The molecule has 0 saturated carbocycles. The minimum atomic E-state index is 0. The topological polar surface area (TPSA) is 57.6 Å². The Morgan fingerprint density at radius 1 is 1.29 bits per heavy atom. The molecule has 1 aliphatic rings. The van der Waals surface area contributed by atoms with Gasteiger partial charge in [0.05, 0.1) is 0 Å². The third-order valence-electron chi connectivity index (χ3n) is 2.74. The molecule has 1 aromatic rings. The fourth-order valence-corrected chi connectivity index (χ4v) is 2.06. The maximum Gasteiger partial charge on any atom is 3.00 e. The first-order valence-electron chi connectivity index (χ1n) is 7.12. The van der Waals surface area contributed by atoms with Gasteiger partial charge in [-0.1, -0.05) is 12.1 Å². The molecule has 1 unspecified atom stereocenters. The first-order chi connectivity index (χ1) is 9.67. The van der Waals surface area contributed by atoms with E-state index in [-0.39, 0.29) is 21.7 Å². The Labute approximate surface area is 145 Å². The summed E-state index contributed by atoms with van der Waals surface area (Å²) in [5.41, 5.74) is 1.17. The van der Waals surface area contributed by atoms with E-state index in [0.717, 1.165) is 13.1 Å². The summed E-state index contributed by atoms with van der Waals surface area (Å²) in [7, 11) is 9.16. The predicted molar refractivity (Wildman–Crippen MR) is 87.5 cm³/mol. The Balaban J connectivity index is 0. The number of nitrogens with one attached hydrogen (secondary N) is 1. The number of likely N-dealkylation sites (N-methyl/N-ethyl adjacent to an activating group) is 1. The third-order valence-corrected chi connectivity index (χ3v) is 2.74. The van der Waals surface area contributed by atoms with Gasteiger partial charge in [-0.2, -0.15) is 34.4 Å². The van der Waals surface area contributed by atoms with Crippen LogP contribution in [0.2, 0.25) is 0 Å². The smallest absolute Gasteiger partial charge is 0.668 e. The van der Waals surface area contributed by atoms with E-state index in [9.17, 15) is 0 Å². The number of rotatable bonds is 4. The summed E-state index contributed by atoms with van der Waals surface area (Å²) in [6.07, 6.45) is 4.50. The van der Waals surface area contributed by atoms with Crippen molar-refractivity contribution in [2.75, 3.05) is 48.3 Å². The maximum atomic E-state index is 4.27. The largest absolute Gasteiger partial charge is 3.00 e. The number of hydrogen-bond acceptors (Lipinski definition) is 2. The average Bonchev–Trinajstić information content (AvgIpc) is 3.04. The summed E-state index contributed by atoms with van der Waals surface area (Å²) < 4.78 is 0. The minimum absolute atomic E-state index is 0. The van der Waals surface area contributed by atoms with E-state index in [2.05, 4.69) is 38.9 Å². The molecule has 21 heavy (non-hydrogen) atoms. The fourth-order valence-electron chi connectivity index (χ4n) is 2.06.